The summed E-state index contributed by atoms with van der Waals surface area (Å²) in [6.07, 6.45) is 1.59. The molecule has 2 heterocycles. The van der Waals surface area contributed by atoms with Gasteiger partial charge in [-0.2, -0.15) is 0 Å². The number of nitrogens with one attached hydrogen (secondary N) is 1. The molecule has 2 aromatic heterocycles. The van der Waals surface area contributed by atoms with Crippen LogP contribution in [-0.4, -0.2) is 28.5 Å². The number of rotatable bonds is 4. The molecule has 5 heteroatoms. The molecule has 5 nitrogen and oxygen atoms in total. The molecule has 2 N–H and O–H groups in total. The van der Waals surface area contributed by atoms with Crippen molar-refractivity contribution in [2.75, 3.05) is 18.5 Å². The Labute approximate surface area is 86.8 Å². The SMILES string of the molecule is OCCNc1ccc(-c2ccco2)nn1. The fourth-order valence-corrected chi connectivity index (χ4v) is 1.17. The predicted octanol–water partition coefficient (Wildman–Crippen LogP) is 1.14. The van der Waals surface area contributed by atoms with Crippen LogP contribution >= 0.6 is 0 Å². The van der Waals surface area contributed by atoms with Gasteiger partial charge in [0.05, 0.1) is 12.9 Å². The fourth-order valence-electron chi connectivity index (χ4n) is 1.17. The first-order chi connectivity index (χ1) is 7.40. The molecule has 15 heavy (non-hydrogen) atoms. The largest absolute Gasteiger partial charge is 0.463 e. The van der Waals surface area contributed by atoms with Gasteiger partial charge in [0.25, 0.3) is 0 Å². The van der Waals surface area contributed by atoms with Gasteiger partial charge in [0.1, 0.15) is 11.5 Å². The number of hydrogen-bond acceptors (Lipinski definition) is 5. The van der Waals surface area contributed by atoms with E-state index in [0.717, 1.165) is 0 Å². The molecule has 0 aromatic carbocycles. The van der Waals surface area contributed by atoms with Crippen LogP contribution in [0.1, 0.15) is 0 Å². The average molecular weight is 205 g/mol. The molecule has 0 atom stereocenters. The Balaban J connectivity index is 2.11. The standard InChI is InChI=1S/C10H11N3O2/c14-6-5-11-10-4-3-8(12-13-10)9-2-1-7-15-9/h1-4,7,14H,5-6H2,(H,11,13). The lowest BCUT2D eigenvalue weighted by Crippen LogP contribution is -2.07. The topological polar surface area (TPSA) is 71.2 Å². The van der Waals surface area contributed by atoms with Gasteiger partial charge in [0, 0.05) is 6.54 Å². The van der Waals surface area contributed by atoms with Gasteiger partial charge < -0.3 is 14.8 Å². The summed E-state index contributed by atoms with van der Waals surface area (Å²) in [6, 6.07) is 7.23. The zero-order valence-corrected chi connectivity index (χ0v) is 8.05. The predicted molar refractivity (Wildman–Crippen MR) is 55.3 cm³/mol. The third-order valence-corrected chi connectivity index (χ3v) is 1.86. The van der Waals surface area contributed by atoms with Gasteiger partial charge in [-0.05, 0) is 24.3 Å². The van der Waals surface area contributed by atoms with Crippen molar-refractivity contribution in [3.05, 3.63) is 30.5 Å². The maximum absolute atomic E-state index is 8.61. The molecular weight excluding hydrogens is 194 g/mol. The third kappa shape index (κ3) is 2.32. The Bertz CT molecular complexity index is 397. The smallest absolute Gasteiger partial charge is 0.154 e. The maximum Gasteiger partial charge on any atom is 0.154 e. The van der Waals surface area contributed by atoms with E-state index >= 15 is 0 Å². The van der Waals surface area contributed by atoms with Crippen molar-refractivity contribution in [3.8, 4) is 11.5 Å². The van der Waals surface area contributed by atoms with Crippen molar-refractivity contribution in [3.63, 3.8) is 0 Å². The lowest BCUT2D eigenvalue weighted by molar-refractivity contribution is 0.311. The number of aliphatic hydroxyl groups excluding tert-OH is 1. The minimum absolute atomic E-state index is 0.0710. The Morgan fingerprint density at radius 1 is 1.27 bits per heavy atom. The van der Waals surface area contributed by atoms with E-state index in [0.29, 0.717) is 23.8 Å². The molecule has 0 unspecified atom stereocenters. The first-order valence-electron chi connectivity index (χ1n) is 4.62. The van der Waals surface area contributed by atoms with E-state index < -0.39 is 0 Å². The van der Waals surface area contributed by atoms with Crippen LogP contribution in [0.2, 0.25) is 0 Å². The minimum atomic E-state index is 0.0710. The molecule has 0 aliphatic carbocycles. The Kier molecular flexibility index (Phi) is 2.94. The second-order valence-corrected chi connectivity index (χ2v) is 2.93. The summed E-state index contributed by atoms with van der Waals surface area (Å²) < 4.78 is 5.18. The van der Waals surface area contributed by atoms with E-state index in [1.165, 1.54) is 0 Å². The lowest BCUT2D eigenvalue weighted by Gasteiger charge is -2.01. The molecule has 0 fully saturated rings. The van der Waals surface area contributed by atoms with Crippen molar-refractivity contribution in [2.24, 2.45) is 0 Å². The molecule has 2 aromatic rings. The van der Waals surface area contributed by atoms with Gasteiger partial charge in [0.15, 0.2) is 5.76 Å². The first kappa shape index (κ1) is 9.67. The van der Waals surface area contributed by atoms with E-state index in [4.69, 9.17) is 9.52 Å². The first-order valence-corrected chi connectivity index (χ1v) is 4.62. The van der Waals surface area contributed by atoms with E-state index in [1.54, 1.807) is 18.4 Å². The molecule has 2 rings (SSSR count). The highest BCUT2D eigenvalue weighted by atomic mass is 16.3. The number of furan rings is 1. The van der Waals surface area contributed by atoms with Gasteiger partial charge in [-0.3, -0.25) is 0 Å². The average Bonchev–Trinajstić information content (AvgIpc) is 2.80. The molecule has 0 bridgehead atoms. The minimum Gasteiger partial charge on any atom is -0.463 e. The van der Waals surface area contributed by atoms with Gasteiger partial charge >= 0.3 is 0 Å². The number of aliphatic hydroxyl groups is 1. The maximum atomic E-state index is 8.61. The number of nitrogens with zero attached hydrogens (tertiary/aromatic N) is 2. The second kappa shape index (κ2) is 4.56. The van der Waals surface area contributed by atoms with Crippen molar-refractivity contribution in [2.45, 2.75) is 0 Å². The fraction of sp³-hybridized carbons (Fsp3) is 0.200. The quantitative estimate of drug-likeness (QED) is 0.783. The molecule has 0 radical (unpaired) electrons. The monoisotopic (exact) mass is 205 g/mol. The summed E-state index contributed by atoms with van der Waals surface area (Å²) in [6.45, 7) is 0.538. The number of anilines is 1. The van der Waals surface area contributed by atoms with Crippen LogP contribution in [0.3, 0.4) is 0 Å². The Morgan fingerprint density at radius 2 is 2.20 bits per heavy atom. The summed E-state index contributed by atoms with van der Waals surface area (Å²) in [4.78, 5) is 0. The van der Waals surface area contributed by atoms with Crippen LogP contribution < -0.4 is 5.32 Å². The van der Waals surface area contributed by atoms with Crippen molar-refractivity contribution in [1.29, 1.82) is 0 Å². The van der Waals surface area contributed by atoms with Gasteiger partial charge in [-0.1, -0.05) is 0 Å². The molecule has 0 aliphatic heterocycles. The van der Waals surface area contributed by atoms with E-state index in [2.05, 4.69) is 15.5 Å². The second-order valence-electron chi connectivity index (χ2n) is 2.93. The summed E-state index contributed by atoms with van der Waals surface area (Å²) in [7, 11) is 0. The van der Waals surface area contributed by atoms with Crippen LogP contribution in [0.5, 0.6) is 0 Å². The van der Waals surface area contributed by atoms with Gasteiger partial charge in [-0.25, -0.2) is 0 Å². The highest BCUT2D eigenvalue weighted by molar-refractivity contribution is 5.52. The zero-order chi connectivity index (χ0) is 10.5. The van der Waals surface area contributed by atoms with Crippen LogP contribution in [0, 0.1) is 0 Å². The number of aromatic nitrogens is 2. The molecule has 0 aliphatic rings. The van der Waals surface area contributed by atoms with Crippen LogP contribution in [-0.2, 0) is 0 Å². The Hall–Kier alpha value is -1.88. The zero-order valence-electron chi connectivity index (χ0n) is 8.05. The van der Waals surface area contributed by atoms with Crippen LogP contribution in [0.25, 0.3) is 11.5 Å². The number of hydrogen-bond donors (Lipinski definition) is 2. The van der Waals surface area contributed by atoms with Crippen LogP contribution in [0.4, 0.5) is 5.82 Å². The lowest BCUT2D eigenvalue weighted by atomic mass is 10.3. The van der Waals surface area contributed by atoms with Crippen molar-refractivity contribution >= 4 is 5.82 Å². The van der Waals surface area contributed by atoms with E-state index in [1.807, 2.05) is 12.1 Å². The highest BCUT2D eigenvalue weighted by Gasteiger charge is 2.02. The van der Waals surface area contributed by atoms with Gasteiger partial charge in [0.2, 0.25) is 0 Å². The summed E-state index contributed by atoms with van der Waals surface area (Å²) in [5.41, 5.74) is 0.689. The Morgan fingerprint density at radius 3 is 2.80 bits per heavy atom. The van der Waals surface area contributed by atoms with Gasteiger partial charge in [-0.15, -0.1) is 10.2 Å². The summed E-state index contributed by atoms with van der Waals surface area (Å²) in [5.74, 6) is 1.33. The van der Waals surface area contributed by atoms with Crippen molar-refractivity contribution in [1.82, 2.24) is 10.2 Å². The third-order valence-electron chi connectivity index (χ3n) is 1.86. The molecule has 0 spiro atoms. The molecule has 78 valence electrons. The molecule has 0 saturated carbocycles. The molecular formula is C10H11N3O2. The molecule has 0 amide bonds. The van der Waals surface area contributed by atoms with E-state index in [-0.39, 0.29) is 6.61 Å². The van der Waals surface area contributed by atoms with Crippen LogP contribution in [0.15, 0.2) is 34.9 Å². The molecule has 0 saturated heterocycles. The normalized spacial score (nSPS) is 10.2. The summed E-state index contributed by atoms with van der Waals surface area (Å²) in [5, 5.41) is 19.4. The van der Waals surface area contributed by atoms with E-state index in [9.17, 15) is 0 Å². The van der Waals surface area contributed by atoms with Crippen molar-refractivity contribution < 1.29 is 9.52 Å². The summed E-state index contributed by atoms with van der Waals surface area (Å²) >= 11 is 0. The highest BCUT2D eigenvalue weighted by Crippen LogP contribution is 2.16.